The lowest BCUT2D eigenvalue weighted by molar-refractivity contribution is -0.135. The molecule has 0 N–H and O–H groups in total. The zero-order valence-electron chi connectivity index (χ0n) is 11.1. The molecule has 0 aliphatic heterocycles. The Morgan fingerprint density at radius 1 is 1.29 bits per heavy atom. The first-order valence-corrected chi connectivity index (χ1v) is 7.12. The number of ether oxygens (including phenoxy) is 2. The molecule has 1 atom stereocenters. The highest BCUT2D eigenvalue weighted by Crippen LogP contribution is 2.07. The van der Waals surface area contributed by atoms with Crippen LogP contribution in [0.5, 0.6) is 0 Å². The molecule has 0 saturated carbocycles. The molecular weight excluding hydrogens is 286 g/mol. The fraction of sp³-hybridized carbons (Fsp3) is 0.917. The third-order valence-corrected chi connectivity index (χ3v) is 3.13. The van der Waals surface area contributed by atoms with Crippen molar-refractivity contribution in [1.82, 2.24) is 4.90 Å². The highest BCUT2D eigenvalue weighted by Gasteiger charge is 2.18. The summed E-state index contributed by atoms with van der Waals surface area (Å²) in [5.41, 5.74) is 0. The summed E-state index contributed by atoms with van der Waals surface area (Å²) in [4.78, 5) is 13.9. The minimum Gasteiger partial charge on any atom is -0.383 e. The molecule has 1 amide bonds. The zero-order chi connectivity index (χ0) is 13.1. The number of methoxy groups -OCH3 is 2. The van der Waals surface area contributed by atoms with Gasteiger partial charge in [-0.15, -0.1) is 0 Å². The number of alkyl halides is 1. The summed E-state index contributed by atoms with van der Waals surface area (Å²) in [5, 5.41) is 0.950. The Kier molecular flexibility index (Phi) is 10.9. The van der Waals surface area contributed by atoms with Crippen molar-refractivity contribution in [1.29, 1.82) is 0 Å². The molecule has 4 nitrogen and oxygen atoms in total. The lowest BCUT2D eigenvalue weighted by Crippen LogP contribution is -2.42. The van der Waals surface area contributed by atoms with E-state index in [2.05, 4.69) is 15.9 Å². The average molecular weight is 310 g/mol. The summed E-state index contributed by atoms with van der Waals surface area (Å²) in [6, 6.07) is 0.103. The van der Waals surface area contributed by atoms with E-state index in [1.165, 1.54) is 0 Å². The maximum atomic E-state index is 12.0. The molecule has 0 rings (SSSR count). The van der Waals surface area contributed by atoms with Crippen molar-refractivity contribution in [3.8, 4) is 0 Å². The zero-order valence-corrected chi connectivity index (χ0v) is 12.7. The van der Waals surface area contributed by atoms with E-state index < -0.39 is 0 Å². The number of rotatable bonds is 10. The summed E-state index contributed by atoms with van der Waals surface area (Å²) in [6.07, 6.45) is 2.55. The summed E-state index contributed by atoms with van der Waals surface area (Å²) in [5.74, 6) is 0.188. The molecule has 0 radical (unpaired) electrons. The van der Waals surface area contributed by atoms with Crippen LogP contribution < -0.4 is 0 Å². The molecule has 0 bridgehead atoms. The Morgan fingerprint density at radius 3 is 2.53 bits per heavy atom. The maximum absolute atomic E-state index is 12.0. The minimum atomic E-state index is 0.103. The number of halogens is 1. The van der Waals surface area contributed by atoms with Gasteiger partial charge in [-0.2, -0.15) is 0 Å². The van der Waals surface area contributed by atoms with E-state index in [0.717, 1.165) is 18.2 Å². The van der Waals surface area contributed by atoms with Crippen LogP contribution in [0.25, 0.3) is 0 Å². The van der Waals surface area contributed by atoms with E-state index in [-0.39, 0.29) is 11.9 Å². The van der Waals surface area contributed by atoms with Crippen LogP contribution in [-0.2, 0) is 14.3 Å². The lowest BCUT2D eigenvalue weighted by Gasteiger charge is -2.28. The topological polar surface area (TPSA) is 38.8 Å². The van der Waals surface area contributed by atoms with E-state index in [0.29, 0.717) is 26.2 Å². The predicted molar refractivity (Wildman–Crippen MR) is 72.6 cm³/mol. The van der Waals surface area contributed by atoms with Crippen molar-refractivity contribution in [2.24, 2.45) is 0 Å². The highest BCUT2D eigenvalue weighted by molar-refractivity contribution is 9.09. The molecule has 0 heterocycles. The van der Waals surface area contributed by atoms with E-state index in [4.69, 9.17) is 9.47 Å². The first-order valence-electron chi connectivity index (χ1n) is 6.00. The standard InChI is InChI=1S/C12H24BrNO3/c1-11(10-17-3)14(8-9-16-2)12(15)6-4-5-7-13/h11H,4-10H2,1-3H3. The van der Waals surface area contributed by atoms with E-state index in [1.54, 1.807) is 14.2 Å². The van der Waals surface area contributed by atoms with Crippen LogP contribution >= 0.6 is 15.9 Å². The third-order valence-electron chi connectivity index (χ3n) is 2.57. The van der Waals surface area contributed by atoms with Gasteiger partial charge in [0.25, 0.3) is 0 Å². The molecule has 102 valence electrons. The van der Waals surface area contributed by atoms with Crippen LogP contribution in [0.1, 0.15) is 26.2 Å². The molecule has 0 spiro atoms. The van der Waals surface area contributed by atoms with E-state index >= 15 is 0 Å². The summed E-state index contributed by atoms with van der Waals surface area (Å²) >= 11 is 3.37. The molecule has 0 aliphatic carbocycles. The van der Waals surface area contributed by atoms with Gasteiger partial charge in [0.1, 0.15) is 0 Å². The average Bonchev–Trinajstić information content (AvgIpc) is 2.30. The molecule has 0 aromatic carbocycles. The van der Waals surface area contributed by atoms with Crippen LogP contribution in [-0.4, -0.2) is 56.2 Å². The minimum absolute atomic E-state index is 0.103. The number of hydrogen-bond donors (Lipinski definition) is 0. The Morgan fingerprint density at radius 2 is 2.00 bits per heavy atom. The first-order chi connectivity index (χ1) is 8.17. The second-order valence-corrected chi connectivity index (χ2v) is 4.82. The molecule has 0 saturated heterocycles. The van der Waals surface area contributed by atoms with Gasteiger partial charge < -0.3 is 14.4 Å². The van der Waals surface area contributed by atoms with Crippen molar-refractivity contribution in [2.45, 2.75) is 32.2 Å². The number of amides is 1. The largest absolute Gasteiger partial charge is 0.383 e. The SMILES string of the molecule is COCCN(C(=O)CCCCBr)C(C)COC. The molecule has 0 fully saturated rings. The van der Waals surface area contributed by atoms with Crippen LogP contribution in [0, 0.1) is 0 Å². The number of carbonyl (C=O) groups is 1. The number of unbranched alkanes of at least 4 members (excludes halogenated alkanes) is 1. The number of hydrogen-bond acceptors (Lipinski definition) is 3. The Balaban J connectivity index is 4.18. The second kappa shape index (κ2) is 11.0. The predicted octanol–water partition coefficient (Wildman–Crippen LogP) is 2.06. The van der Waals surface area contributed by atoms with Crippen molar-refractivity contribution in [3.05, 3.63) is 0 Å². The molecule has 0 aromatic heterocycles. The van der Waals surface area contributed by atoms with Gasteiger partial charge in [0, 0.05) is 32.5 Å². The van der Waals surface area contributed by atoms with Crippen molar-refractivity contribution < 1.29 is 14.3 Å². The van der Waals surface area contributed by atoms with Crippen molar-refractivity contribution >= 4 is 21.8 Å². The first kappa shape index (κ1) is 16.9. The van der Waals surface area contributed by atoms with Crippen LogP contribution in [0.4, 0.5) is 0 Å². The summed E-state index contributed by atoms with van der Waals surface area (Å²) in [7, 11) is 3.30. The van der Waals surface area contributed by atoms with Gasteiger partial charge in [-0.05, 0) is 19.8 Å². The van der Waals surface area contributed by atoms with Gasteiger partial charge in [-0.25, -0.2) is 0 Å². The highest BCUT2D eigenvalue weighted by atomic mass is 79.9. The van der Waals surface area contributed by atoms with Gasteiger partial charge in [0.2, 0.25) is 5.91 Å². The summed E-state index contributed by atoms with van der Waals surface area (Å²) < 4.78 is 10.1. The van der Waals surface area contributed by atoms with Crippen molar-refractivity contribution in [3.63, 3.8) is 0 Å². The monoisotopic (exact) mass is 309 g/mol. The Labute approximate surface area is 113 Å². The third kappa shape index (κ3) is 7.73. The van der Waals surface area contributed by atoms with Gasteiger partial charge >= 0.3 is 0 Å². The molecule has 0 aliphatic rings. The van der Waals surface area contributed by atoms with Gasteiger partial charge in [0.15, 0.2) is 0 Å². The molecule has 17 heavy (non-hydrogen) atoms. The van der Waals surface area contributed by atoms with E-state index in [1.807, 2.05) is 11.8 Å². The van der Waals surface area contributed by atoms with Gasteiger partial charge in [0.05, 0.1) is 19.3 Å². The fourth-order valence-corrected chi connectivity index (χ4v) is 2.02. The molecular formula is C12H24BrNO3. The lowest BCUT2D eigenvalue weighted by atomic mass is 10.2. The number of nitrogens with zero attached hydrogens (tertiary/aromatic N) is 1. The van der Waals surface area contributed by atoms with Gasteiger partial charge in [-0.1, -0.05) is 15.9 Å². The van der Waals surface area contributed by atoms with E-state index in [9.17, 15) is 4.79 Å². The van der Waals surface area contributed by atoms with Crippen LogP contribution in [0.15, 0.2) is 0 Å². The van der Waals surface area contributed by atoms with Gasteiger partial charge in [-0.3, -0.25) is 4.79 Å². The van der Waals surface area contributed by atoms with Crippen LogP contribution in [0.2, 0.25) is 0 Å². The molecule has 5 heteroatoms. The maximum Gasteiger partial charge on any atom is 0.222 e. The number of carbonyl (C=O) groups excluding carboxylic acids is 1. The smallest absolute Gasteiger partial charge is 0.222 e. The van der Waals surface area contributed by atoms with Crippen LogP contribution in [0.3, 0.4) is 0 Å². The Hall–Kier alpha value is -0.130. The normalized spacial score (nSPS) is 12.5. The second-order valence-electron chi connectivity index (χ2n) is 4.03. The fourth-order valence-electron chi connectivity index (χ4n) is 1.63. The quantitative estimate of drug-likeness (QED) is 0.458. The molecule has 1 unspecified atom stereocenters. The van der Waals surface area contributed by atoms with Crippen molar-refractivity contribution in [2.75, 3.05) is 39.3 Å². The molecule has 0 aromatic rings. The summed E-state index contributed by atoms with van der Waals surface area (Å²) in [6.45, 7) is 3.77. The Bertz CT molecular complexity index is 202.